The minimum absolute atomic E-state index is 0.0412. The molecule has 1 heterocycles. The monoisotopic (exact) mass is 239 g/mol. The molecule has 0 saturated heterocycles. The third kappa shape index (κ3) is 2.72. The van der Waals surface area contributed by atoms with Gasteiger partial charge in [-0.05, 0) is 24.3 Å². The molecule has 1 N–H and O–H groups in total. The van der Waals surface area contributed by atoms with Gasteiger partial charge >= 0.3 is 6.18 Å². The summed E-state index contributed by atoms with van der Waals surface area (Å²) in [6.45, 7) is 0. The number of benzene rings is 1. The van der Waals surface area contributed by atoms with E-state index >= 15 is 0 Å². The molecule has 6 heteroatoms. The summed E-state index contributed by atoms with van der Waals surface area (Å²) in [6.07, 6.45) is -2.95. The van der Waals surface area contributed by atoms with Crippen LogP contribution in [0.25, 0.3) is 0 Å². The number of nitrogens with zero attached hydrogens (tertiary/aromatic N) is 2. The zero-order valence-electron chi connectivity index (χ0n) is 8.57. The smallest absolute Gasteiger partial charge is 0.338 e. The molecule has 0 aliphatic carbocycles. The van der Waals surface area contributed by atoms with E-state index in [-0.39, 0.29) is 11.5 Å². The van der Waals surface area contributed by atoms with Gasteiger partial charge in [-0.3, -0.25) is 0 Å². The Morgan fingerprint density at radius 2 is 1.76 bits per heavy atom. The second-order valence-electron chi connectivity index (χ2n) is 3.28. The summed E-state index contributed by atoms with van der Waals surface area (Å²) in [5.74, 6) is 0.268. The highest BCUT2D eigenvalue weighted by atomic mass is 19.4. The Balaban J connectivity index is 2.34. The van der Waals surface area contributed by atoms with E-state index in [1.807, 2.05) is 0 Å². The van der Waals surface area contributed by atoms with E-state index in [1.54, 1.807) is 12.1 Å². The Labute approximate surface area is 95.3 Å². The third-order valence-corrected chi connectivity index (χ3v) is 2.07. The highest BCUT2D eigenvalue weighted by molar-refractivity contribution is 5.60. The lowest BCUT2D eigenvalue weighted by atomic mass is 10.1. The molecular formula is C11H8F3N3. The number of hydrogen-bond donors (Lipinski definition) is 1. The fraction of sp³-hybridized carbons (Fsp3) is 0.0909. The molecule has 0 amide bonds. The van der Waals surface area contributed by atoms with Gasteiger partial charge in [0.1, 0.15) is 0 Å². The molecule has 0 aliphatic rings. The summed E-state index contributed by atoms with van der Waals surface area (Å²) in [7, 11) is 0. The van der Waals surface area contributed by atoms with Crippen LogP contribution in [0.5, 0.6) is 0 Å². The van der Waals surface area contributed by atoms with Crippen LogP contribution in [0.2, 0.25) is 0 Å². The molecule has 0 fully saturated rings. The zero-order valence-corrected chi connectivity index (χ0v) is 8.57. The molecule has 17 heavy (non-hydrogen) atoms. The fourth-order valence-electron chi connectivity index (χ4n) is 1.35. The molecular weight excluding hydrogens is 231 g/mol. The molecule has 0 unspecified atom stereocenters. The van der Waals surface area contributed by atoms with Crippen molar-refractivity contribution in [3.8, 4) is 0 Å². The lowest BCUT2D eigenvalue weighted by molar-refractivity contribution is -0.136. The van der Waals surface area contributed by atoms with E-state index in [9.17, 15) is 13.2 Å². The molecule has 0 aliphatic heterocycles. The van der Waals surface area contributed by atoms with Crippen molar-refractivity contribution in [2.75, 3.05) is 5.32 Å². The van der Waals surface area contributed by atoms with Crippen LogP contribution in [0.1, 0.15) is 5.56 Å². The molecule has 0 radical (unpaired) electrons. The Bertz CT molecular complexity index is 497. The number of aromatic nitrogens is 2. The van der Waals surface area contributed by atoms with Crippen LogP contribution in [0.4, 0.5) is 24.7 Å². The van der Waals surface area contributed by atoms with Gasteiger partial charge in [0.15, 0.2) is 5.82 Å². The first kappa shape index (κ1) is 11.4. The van der Waals surface area contributed by atoms with E-state index in [1.165, 1.54) is 24.4 Å². The van der Waals surface area contributed by atoms with Gasteiger partial charge in [-0.1, -0.05) is 12.1 Å². The zero-order chi connectivity index (χ0) is 12.3. The maximum Gasteiger partial charge on any atom is 0.418 e. The van der Waals surface area contributed by atoms with Crippen LogP contribution < -0.4 is 5.32 Å². The minimum Gasteiger partial charge on any atom is -0.338 e. The minimum atomic E-state index is -4.40. The van der Waals surface area contributed by atoms with Crippen molar-refractivity contribution in [2.45, 2.75) is 6.18 Å². The largest absolute Gasteiger partial charge is 0.418 e. The number of para-hydroxylation sites is 1. The summed E-state index contributed by atoms with van der Waals surface area (Å²) in [6, 6.07) is 8.35. The molecule has 0 atom stereocenters. The maximum absolute atomic E-state index is 12.7. The second kappa shape index (κ2) is 4.40. The highest BCUT2D eigenvalue weighted by Crippen LogP contribution is 2.35. The van der Waals surface area contributed by atoms with Crippen molar-refractivity contribution < 1.29 is 13.2 Å². The average Bonchev–Trinajstić information content (AvgIpc) is 2.30. The first-order valence-corrected chi connectivity index (χ1v) is 4.78. The average molecular weight is 239 g/mol. The van der Waals surface area contributed by atoms with Gasteiger partial charge in [-0.15, -0.1) is 5.10 Å². The van der Waals surface area contributed by atoms with Gasteiger partial charge in [0, 0.05) is 6.20 Å². The predicted octanol–water partition coefficient (Wildman–Crippen LogP) is 3.24. The lowest BCUT2D eigenvalue weighted by Crippen LogP contribution is -2.09. The number of hydrogen-bond acceptors (Lipinski definition) is 3. The van der Waals surface area contributed by atoms with Crippen molar-refractivity contribution in [1.29, 1.82) is 0 Å². The van der Waals surface area contributed by atoms with Crippen molar-refractivity contribution in [3.63, 3.8) is 0 Å². The molecule has 1 aromatic heterocycles. The van der Waals surface area contributed by atoms with Crippen molar-refractivity contribution >= 4 is 11.5 Å². The molecule has 0 saturated carbocycles. The van der Waals surface area contributed by atoms with Crippen molar-refractivity contribution in [3.05, 3.63) is 48.2 Å². The van der Waals surface area contributed by atoms with Gasteiger partial charge in [0.25, 0.3) is 0 Å². The number of halogens is 3. The topological polar surface area (TPSA) is 37.8 Å². The van der Waals surface area contributed by atoms with E-state index in [0.29, 0.717) is 0 Å². The molecule has 1 aromatic carbocycles. The molecule has 3 nitrogen and oxygen atoms in total. The van der Waals surface area contributed by atoms with Crippen LogP contribution in [-0.4, -0.2) is 10.2 Å². The summed E-state index contributed by atoms with van der Waals surface area (Å²) < 4.78 is 38.0. The number of alkyl halides is 3. The Hall–Kier alpha value is -2.11. The van der Waals surface area contributed by atoms with Gasteiger partial charge in [0.05, 0.1) is 11.3 Å². The SMILES string of the molecule is FC(F)(F)c1ccccc1Nc1cccnn1. The molecule has 88 valence electrons. The van der Waals surface area contributed by atoms with Crippen LogP contribution in [0, 0.1) is 0 Å². The molecule has 0 spiro atoms. The molecule has 0 bridgehead atoms. The van der Waals surface area contributed by atoms with E-state index in [0.717, 1.165) is 6.07 Å². The van der Waals surface area contributed by atoms with Crippen LogP contribution >= 0.6 is 0 Å². The van der Waals surface area contributed by atoms with Gasteiger partial charge in [-0.2, -0.15) is 18.3 Å². The molecule has 2 aromatic rings. The van der Waals surface area contributed by atoms with E-state index in [4.69, 9.17) is 0 Å². The number of anilines is 2. The maximum atomic E-state index is 12.7. The van der Waals surface area contributed by atoms with E-state index < -0.39 is 11.7 Å². The van der Waals surface area contributed by atoms with Crippen LogP contribution in [0.15, 0.2) is 42.6 Å². The third-order valence-electron chi connectivity index (χ3n) is 2.07. The first-order valence-electron chi connectivity index (χ1n) is 4.78. The predicted molar refractivity (Wildman–Crippen MR) is 56.8 cm³/mol. The highest BCUT2D eigenvalue weighted by Gasteiger charge is 2.33. The summed E-state index contributed by atoms with van der Waals surface area (Å²) in [5.41, 5.74) is -0.772. The Morgan fingerprint density at radius 1 is 1.00 bits per heavy atom. The van der Waals surface area contributed by atoms with Crippen molar-refractivity contribution in [2.24, 2.45) is 0 Å². The number of nitrogens with one attached hydrogen (secondary N) is 1. The summed E-state index contributed by atoms with van der Waals surface area (Å²) in [5, 5.41) is 9.83. The van der Waals surface area contributed by atoms with Gasteiger partial charge in [0.2, 0.25) is 0 Å². The number of rotatable bonds is 2. The quantitative estimate of drug-likeness (QED) is 0.874. The van der Waals surface area contributed by atoms with Gasteiger partial charge < -0.3 is 5.32 Å². The standard InChI is InChI=1S/C11H8F3N3/c12-11(13,14)8-4-1-2-5-9(8)16-10-6-3-7-15-17-10/h1-7H,(H,16,17). The Morgan fingerprint density at radius 3 is 2.41 bits per heavy atom. The second-order valence-corrected chi connectivity index (χ2v) is 3.28. The fourth-order valence-corrected chi connectivity index (χ4v) is 1.35. The Kier molecular flexibility index (Phi) is 2.95. The van der Waals surface area contributed by atoms with Gasteiger partial charge in [-0.25, -0.2) is 0 Å². The first-order chi connectivity index (χ1) is 8.07. The molecule has 2 rings (SSSR count). The van der Waals surface area contributed by atoms with Crippen molar-refractivity contribution in [1.82, 2.24) is 10.2 Å². The summed E-state index contributed by atoms with van der Waals surface area (Å²) in [4.78, 5) is 0. The van der Waals surface area contributed by atoms with Crippen LogP contribution in [0.3, 0.4) is 0 Å². The van der Waals surface area contributed by atoms with E-state index in [2.05, 4.69) is 15.5 Å². The normalized spacial score (nSPS) is 11.2. The lowest BCUT2D eigenvalue weighted by Gasteiger charge is -2.13. The van der Waals surface area contributed by atoms with Crippen LogP contribution in [-0.2, 0) is 6.18 Å². The summed E-state index contributed by atoms with van der Waals surface area (Å²) >= 11 is 0.